The maximum absolute atomic E-state index is 12.6. The lowest BCUT2D eigenvalue weighted by molar-refractivity contribution is -0.113. The molecular weight excluding hydrogens is 444 g/mol. The SMILES string of the molecule is CCc1nnc(SCC(=O)Nc2cc(Cl)c(OC)cc2OC)c2cc3sccc3n12. The highest BCUT2D eigenvalue weighted by atomic mass is 35.5. The van der Waals surface area contributed by atoms with Gasteiger partial charge in [-0.1, -0.05) is 30.3 Å². The van der Waals surface area contributed by atoms with Crippen LogP contribution in [0.1, 0.15) is 12.7 Å². The molecule has 1 amide bonds. The number of ether oxygens (including phenoxy) is 2. The van der Waals surface area contributed by atoms with Crippen LogP contribution in [-0.4, -0.2) is 40.5 Å². The van der Waals surface area contributed by atoms with Crippen LogP contribution in [0.5, 0.6) is 11.5 Å². The first-order valence-electron chi connectivity index (χ1n) is 9.14. The molecule has 4 aromatic rings. The van der Waals surface area contributed by atoms with Crippen molar-refractivity contribution in [2.24, 2.45) is 0 Å². The molecule has 1 N–H and O–H groups in total. The molecule has 0 fully saturated rings. The summed E-state index contributed by atoms with van der Waals surface area (Å²) in [4.78, 5) is 12.6. The number of thiophene rings is 1. The van der Waals surface area contributed by atoms with E-state index >= 15 is 0 Å². The number of nitrogens with zero attached hydrogens (tertiary/aromatic N) is 3. The zero-order valence-corrected chi connectivity index (χ0v) is 19.0. The van der Waals surface area contributed by atoms with Crippen LogP contribution >= 0.6 is 34.7 Å². The zero-order valence-electron chi connectivity index (χ0n) is 16.6. The van der Waals surface area contributed by atoms with Gasteiger partial charge >= 0.3 is 0 Å². The number of benzene rings is 1. The number of thioether (sulfide) groups is 1. The number of anilines is 1. The summed E-state index contributed by atoms with van der Waals surface area (Å²) in [6, 6.07) is 7.42. The molecule has 156 valence electrons. The van der Waals surface area contributed by atoms with Crippen molar-refractivity contribution >= 4 is 62.0 Å². The first kappa shape index (κ1) is 20.8. The molecule has 0 radical (unpaired) electrons. The van der Waals surface area contributed by atoms with E-state index in [4.69, 9.17) is 21.1 Å². The van der Waals surface area contributed by atoms with Crippen molar-refractivity contribution in [1.82, 2.24) is 14.6 Å². The molecule has 0 saturated carbocycles. The van der Waals surface area contributed by atoms with Crippen molar-refractivity contribution in [3.63, 3.8) is 0 Å². The van der Waals surface area contributed by atoms with Gasteiger partial charge < -0.3 is 14.8 Å². The van der Waals surface area contributed by atoms with Gasteiger partial charge in [-0.2, -0.15) is 0 Å². The van der Waals surface area contributed by atoms with Gasteiger partial charge in [0.15, 0.2) is 0 Å². The van der Waals surface area contributed by atoms with Gasteiger partial charge in [-0.15, -0.1) is 21.5 Å². The van der Waals surface area contributed by atoms with E-state index < -0.39 is 0 Å². The van der Waals surface area contributed by atoms with E-state index in [1.54, 1.807) is 23.5 Å². The monoisotopic (exact) mass is 462 g/mol. The molecule has 0 aliphatic rings. The molecule has 0 aliphatic heterocycles. The first-order chi connectivity index (χ1) is 14.5. The number of aryl methyl sites for hydroxylation is 1. The third-order valence-electron chi connectivity index (χ3n) is 4.56. The fourth-order valence-corrected chi connectivity index (χ4v) is 4.95. The maximum atomic E-state index is 12.6. The van der Waals surface area contributed by atoms with Gasteiger partial charge in [0, 0.05) is 12.5 Å². The highest BCUT2D eigenvalue weighted by Crippen LogP contribution is 2.36. The van der Waals surface area contributed by atoms with Crippen molar-refractivity contribution in [3.8, 4) is 11.5 Å². The lowest BCUT2D eigenvalue weighted by Crippen LogP contribution is -2.15. The summed E-state index contributed by atoms with van der Waals surface area (Å²) < 4.78 is 13.8. The summed E-state index contributed by atoms with van der Waals surface area (Å²) in [6.07, 6.45) is 0.770. The quantitative estimate of drug-likeness (QED) is 0.393. The lowest BCUT2D eigenvalue weighted by atomic mass is 10.2. The molecule has 0 aliphatic carbocycles. The average molecular weight is 463 g/mol. The predicted octanol–water partition coefficient (Wildman–Crippen LogP) is 4.91. The van der Waals surface area contributed by atoms with Crippen LogP contribution < -0.4 is 14.8 Å². The van der Waals surface area contributed by atoms with Crippen molar-refractivity contribution < 1.29 is 14.3 Å². The number of carbonyl (C=O) groups is 1. The van der Waals surface area contributed by atoms with E-state index in [0.717, 1.165) is 23.3 Å². The molecule has 4 rings (SSSR count). The number of halogens is 1. The molecule has 0 bridgehead atoms. The maximum Gasteiger partial charge on any atom is 0.234 e. The summed E-state index contributed by atoms with van der Waals surface area (Å²) in [5, 5.41) is 14.7. The Hall–Kier alpha value is -2.49. The molecule has 3 heterocycles. The fraction of sp³-hybridized carbons (Fsp3) is 0.250. The van der Waals surface area contributed by atoms with Gasteiger partial charge in [0.2, 0.25) is 5.91 Å². The molecule has 0 atom stereocenters. The minimum atomic E-state index is -0.201. The molecule has 0 saturated heterocycles. The highest BCUT2D eigenvalue weighted by Gasteiger charge is 2.16. The Balaban J connectivity index is 1.55. The van der Waals surface area contributed by atoms with Crippen molar-refractivity contribution in [3.05, 3.63) is 40.5 Å². The van der Waals surface area contributed by atoms with Crippen LogP contribution in [0, 0.1) is 0 Å². The van der Waals surface area contributed by atoms with Crippen LogP contribution in [0.25, 0.3) is 15.7 Å². The Bertz CT molecular complexity index is 1240. The number of nitrogens with one attached hydrogen (secondary N) is 1. The predicted molar refractivity (Wildman–Crippen MR) is 122 cm³/mol. The number of carbonyl (C=O) groups excluding carboxylic acids is 1. The van der Waals surface area contributed by atoms with Gasteiger partial charge in [-0.3, -0.25) is 9.20 Å². The summed E-state index contributed by atoms with van der Waals surface area (Å²) >= 11 is 9.19. The third kappa shape index (κ3) is 3.80. The molecule has 1 aromatic carbocycles. The second kappa shape index (κ2) is 8.71. The number of methoxy groups -OCH3 is 2. The number of hydrogen-bond donors (Lipinski definition) is 1. The minimum absolute atomic E-state index is 0.168. The van der Waals surface area contributed by atoms with Crippen LogP contribution in [-0.2, 0) is 11.2 Å². The van der Waals surface area contributed by atoms with Gasteiger partial charge in [0.05, 0.1) is 46.4 Å². The largest absolute Gasteiger partial charge is 0.495 e. The molecule has 30 heavy (non-hydrogen) atoms. The van der Waals surface area contributed by atoms with E-state index in [2.05, 4.69) is 44.4 Å². The van der Waals surface area contributed by atoms with Crippen LogP contribution in [0.3, 0.4) is 0 Å². The summed E-state index contributed by atoms with van der Waals surface area (Å²) in [5.74, 6) is 1.80. The summed E-state index contributed by atoms with van der Waals surface area (Å²) in [5.41, 5.74) is 2.56. The molecule has 0 spiro atoms. The van der Waals surface area contributed by atoms with E-state index in [1.807, 2.05) is 0 Å². The Kier molecular flexibility index (Phi) is 6.03. The second-order valence-corrected chi connectivity index (χ2v) is 8.65. The van der Waals surface area contributed by atoms with Crippen LogP contribution in [0.2, 0.25) is 5.02 Å². The number of fused-ring (bicyclic) bond motifs is 3. The Morgan fingerprint density at radius 2 is 2.00 bits per heavy atom. The molecule has 10 heteroatoms. The fourth-order valence-electron chi connectivity index (χ4n) is 3.17. The van der Waals surface area contributed by atoms with E-state index in [9.17, 15) is 4.79 Å². The van der Waals surface area contributed by atoms with Crippen LogP contribution in [0.4, 0.5) is 5.69 Å². The molecule has 3 aromatic heterocycles. The first-order valence-corrected chi connectivity index (χ1v) is 11.4. The smallest absolute Gasteiger partial charge is 0.234 e. The van der Waals surface area contributed by atoms with Crippen molar-refractivity contribution in [1.29, 1.82) is 0 Å². The zero-order chi connectivity index (χ0) is 21.3. The minimum Gasteiger partial charge on any atom is -0.495 e. The number of hydrogen-bond acceptors (Lipinski definition) is 7. The lowest BCUT2D eigenvalue weighted by Gasteiger charge is -2.13. The molecule has 0 unspecified atom stereocenters. The third-order valence-corrected chi connectivity index (χ3v) is 6.68. The van der Waals surface area contributed by atoms with E-state index in [-0.39, 0.29) is 11.7 Å². The van der Waals surface area contributed by atoms with Gasteiger partial charge in [-0.05, 0) is 23.6 Å². The van der Waals surface area contributed by atoms with Gasteiger partial charge in [-0.25, -0.2) is 0 Å². The summed E-state index contributed by atoms with van der Waals surface area (Å²) in [6.45, 7) is 2.05. The Labute approximate surface area is 186 Å². The number of amides is 1. The number of rotatable bonds is 7. The van der Waals surface area contributed by atoms with E-state index in [1.165, 1.54) is 30.7 Å². The normalized spacial score (nSPS) is 11.2. The standard InChI is InChI=1S/C20H19ClN4O3S2/c1-4-18-23-24-20(14-8-17-13(25(14)18)5-6-29-17)30-10-19(26)22-12-7-11(21)15(27-2)9-16(12)28-3/h5-9H,4,10H2,1-3H3,(H,22,26). The van der Waals surface area contributed by atoms with Crippen molar-refractivity contribution in [2.45, 2.75) is 18.4 Å². The topological polar surface area (TPSA) is 77.8 Å². The Morgan fingerprint density at radius 1 is 1.20 bits per heavy atom. The Morgan fingerprint density at radius 3 is 2.73 bits per heavy atom. The molecule has 7 nitrogen and oxygen atoms in total. The highest BCUT2D eigenvalue weighted by molar-refractivity contribution is 8.00. The van der Waals surface area contributed by atoms with Crippen LogP contribution in [0.15, 0.2) is 34.7 Å². The van der Waals surface area contributed by atoms with Gasteiger partial charge in [0.1, 0.15) is 22.3 Å². The van der Waals surface area contributed by atoms with E-state index in [0.29, 0.717) is 27.2 Å². The number of aromatic nitrogens is 3. The molecular formula is C20H19ClN4O3S2. The average Bonchev–Trinajstić information content (AvgIpc) is 3.34. The second-order valence-electron chi connectivity index (χ2n) is 6.33. The van der Waals surface area contributed by atoms with Gasteiger partial charge in [0.25, 0.3) is 0 Å². The van der Waals surface area contributed by atoms with Crippen molar-refractivity contribution in [2.75, 3.05) is 25.3 Å². The summed E-state index contributed by atoms with van der Waals surface area (Å²) in [7, 11) is 3.04.